The molecule has 0 saturated heterocycles. The molecule has 0 heterocycles. The standard InChI is InChI=1S/C18H36/c1-7-9-11-18(12-15(3)4)14-17(6)13-16(5)10-8-2/h10,15,17-18H,7-9,11-14H2,1-6H3/b16-10+. The second-order valence-corrected chi connectivity index (χ2v) is 6.64. The lowest BCUT2D eigenvalue weighted by molar-refractivity contribution is 0.307. The third-order valence-electron chi connectivity index (χ3n) is 3.73. The van der Waals surface area contributed by atoms with Gasteiger partial charge in [0.2, 0.25) is 0 Å². The summed E-state index contributed by atoms with van der Waals surface area (Å²) in [5, 5.41) is 0. The van der Waals surface area contributed by atoms with Gasteiger partial charge in [-0.25, -0.2) is 0 Å². The minimum atomic E-state index is 0.853. The van der Waals surface area contributed by atoms with E-state index in [0.717, 1.165) is 17.8 Å². The zero-order valence-electron chi connectivity index (χ0n) is 13.8. The Hall–Kier alpha value is -0.260. The van der Waals surface area contributed by atoms with E-state index in [-0.39, 0.29) is 0 Å². The van der Waals surface area contributed by atoms with Crippen LogP contribution in [0.25, 0.3) is 0 Å². The molecule has 18 heavy (non-hydrogen) atoms. The molecule has 0 rings (SSSR count). The molecule has 0 aromatic rings. The van der Waals surface area contributed by atoms with Crippen molar-refractivity contribution in [3.8, 4) is 0 Å². The molecule has 108 valence electrons. The molecule has 0 N–H and O–H groups in total. The normalized spacial score (nSPS) is 16.1. The fourth-order valence-corrected chi connectivity index (χ4v) is 3.13. The van der Waals surface area contributed by atoms with Crippen LogP contribution in [0.4, 0.5) is 0 Å². The van der Waals surface area contributed by atoms with E-state index in [1.54, 1.807) is 5.57 Å². The first-order valence-corrected chi connectivity index (χ1v) is 8.15. The molecule has 0 amide bonds. The molecule has 2 unspecified atom stereocenters. The largest absolute Gasteiger partial charge is 0.0859 e. The first kappa shape index (κ1) is 17.7. The van der Waals surface area contributed by atoms with E-state index in [0.29, 0.717) is 0 Å². The summed E-state index contributed by atoms with van der Waals surface area (Å²) < 4.78 is 0. The van der Waals surface area contributed by atoms with Crippen LogP contribution < -0.4 is 0 Å². The van der Waals surface area contributed by atoms with Crippen LogP contribution in [0.15, 0.2) is 11.6 Å². The van der Waals surface area contributed by atoms with Gasteiger partial charge in [-0.2, -0.15) is 0 Å². The molecule has 0 aromatic carbocycles. The van der Waals surface area contributed by atoms with Gasteiger partial charge in [0.25, 0.3) is 0 Å². The van der Waals surface area contributed by atoms with Crippen molar-refractivity contribution in [2.75, 3.05) is 0 Å². The predicted octanol–water partition coefficient (Wildman–Crippen LogP) is 6.61. The second kappa shape index (κ2) is 10.6. The van der Waals surface area contributed by atoms with Crippen molar-refractivity contribution in [1.29, 1.82) is 0 Å². The molecular formula is C18H36. The molecule has 0 aliphatic rings. The number of hydrogen-bond acceptors (Lipinski definition) is 0. The fourth-order valence-electron chi connectivity index (χ4n) is 3.13. The van der Waals surface area contributed by atoms with Crippen LogP contribution in [0.5, 0.6) is 0 Å². The van der Waals surface area contributed by atoms with Crippen LogP contribution in [0.3, 0.4) is 0 Å². The molecule has 0 aliphatic carbocycles. The van der Waals surface area contributed by atoms with E-state index in [4.69, 9.17) is 0 Å². The molecule has 0 saturated carbocycles. The minimum Gasteiger partial charge on any atom is -0.0859 e. The van der Waals surface area contributed by atoms with Gasteiger partial charge in [0, 0.05) is 0 Å². The lowest BCUT2D eigenvalue weighted by atomic mass is 9.83. The summed E-state index contributed by atoms with van der Waals surface area (Å²) in [6.07, 6.45) is 11.9. The SMILES string of the molecule is CC/C=C(\C)CC(C)CC(CCCC)CC(C)C. The van der Waals surface area contributed by atoms with Crippen molar-refractivity contribution < 1.29 is 0 Å². The smallest absolute Gasteiger partial charge is 0.0297 e. The Bertz CT molecular complexity index is 212. The Morgan fingerprint density at radius 3 is 2.22 bits per heavy atom. The van der Waals surface area contributed by atoms with Crippen molar-refractivity contribution in [2.24, 2.45) is 17.8 Å². The van der Waals surface area contributed by atoms with Gasteiger partial charge in [0.05, 0.1) is 0 Å². The Balaban J connectivity index is 4.15. The quantitative estimate of drug-likeness (QED) is 0.384. The zero-order valence-corrected chi connectivity index (χ0v) is 13.8. The fraction of sp³-hybridized carbons (Fsp3) is 0.889. The highest BCUT2D eigenvalue weighted by Crippen LogP contribution is 2.28. The Morgan fingerprint density at radius 2 is 1.72 bits per heavy atom. The summed E-state index contributed by atoms with van der Waals surface area (Å²) in [6, 6.07) is 0. The average molecular weight is 252 g/mol. The van der Waals surface area contributed by atoms with Crippen molar-refractivity contribution in [3.63, 3.8) is 0 Å². The predicted molar refractivity (Wildman–Crippen MR) is 84.9 cm³/mol. The Kier molecular flexibility index (Phi) is 10.5. The first-order chi connectivity index (χ1) is 8.49. The van der Waals surface area contributed by atoms with Crippen LogP contribution in [0, 0.1) is 17.8 Å². The third-order valence-corrected chi connectivity index (χ3v) is 3.73. The number of allylic oxidation sites excluding steroid dienone is 2. The van der Waals surface area contributed by atoms with Gasteiger partial charge in [0.1, 0.15) is 0 Å². The maximum atomic E-state index is 2.44. The highest BCUT2D eigenvalue weighted by molar-refractivity contribution is 4.98. The summed E-state index contributed by atoms with van der Waals surface area (Å²) in [5.41, 5.74) is 1.59. The monoisotopic (exact) mass is 252 g/mol. The van der Waals surface area contributed by atoms with Gasteiger partial charge in [-0.15, -0.1) is 0 Å². The maximum absolute atomic E-state index is 2.44. The molecule has 0 nitrogen and oxygen atoms in total. The van der Waals surface area contributed by atoms with E-state index >= 15 is 0 Å². The Labute approximate surface area is 116 Å². The van der Waals surface area contributed by atoms with Crippen LogP contribution in [0.2, 0.25) is 0 Å². The van der Waals surface area contributed by atoms with Gasteiger partial charge in [-0.1, -0.05) is 65.5 Å². The molecule has 0 bridgehead atoms. The van der Waals surface area contributed by atoms with E-state index in [9.17, 15) is 0 Å². The number of rotatable bonds is 10. The molecule has 0 aromatic heterocycles. The van der Waals surface area contributed by atoms with E-state index in [1.807, 2.05) is 0 Å². The van der Waals surface area contributed by atoms with Crippen molar-refractivity contribution >= 4 is 0 Å². The molecule has 2 atom stereocenters. The van der Waals surface area contributed by atoms with E-state index in [2.05, 4.69) is 47.6 Å². The summed E-state index contributed by atoms with van der Waals surface area (Å²) in [7, 11) is 0. The molecule has 0 spiro atoms. The summed E-state index contributed by atoms with van der Waals surface area (Å²) in [6.45, 7) is 14.0. The van der Waals surface area contributed by atoms with Crippen molar-refractivity contribution in [1.82, 2.24) is 0 Å². The summed E-state index contributed by atoms with van der Waals surface area (Å²) >= 11 is 0. The van der Waals surface area contributed by atoms with Gasteiger partial charge < -0.3 is 0 Å². The lowest BCUT2D eigenvalue weighted by Crippen LogP contribution is -2.10. The van der Waals surface area contributed by atoms with Crippen LogP contribution >= 0.6 is 0 Å². The van der Waals surface area contributed by atoms with Crippen molar-refractivity contribution in [3.05, 3.63) is 11.6 Å². The highest BCUT2D eigenvalue weighted by Gasteiger charge is 2.14. The van der Waals surface area contributed by atoms with Gasteiger partial charge in [-0.05, 0) is 50.4 Å². The molecule has 0 fully saturated rings. The molecular weight excluding hydrogens is 216 g/mol. The Morgan fingerprint density at radius 1 is 1.06 bits per heavy atom. The van der Waals surface area contributed by atoms with Crippen molar-refractivity contribution in [2.45, 2.75) is 86.5 Å². The lowest BCUT2D eigenvalue weighted by Gasteiger charge is -2.23. The highest BCUT2D eigenvalue weighted by atomic mass is 14.2. The zero-order chi connectivity index (χ0) is 14.0. The van der Waals surface area contributed by atoms with E-state index in [1.165, 1.54) is 44.9 Å². The van der Waals surface area contributed by atoms with Crippen LogP contribution in [0.1, 0.15) is 86.5 Å². The van der Waals surface area contributed by atoms with Gasteiger partial charge in [-0.3, -0.25) is 0 Å². The molecule has 0 aliphatic heterocycles. The van der Waals surface area contributed by atoms with Crippen LogP contribution in [-0.4, -0.2) is 0 Å². The summed E-state index contributed by atoms with van der Waals surface area (Å²) in [4.78, 5) is 0. The van der Waals surface area contributed by atoms with E-state index < -0.39 is 0 Å². The number of hydrogen-bond donors (Lipinski definition) is 0. The second-order valence-electron chi connectivity index (χ2n) is 6.64. The van der Waals surface area contributed by atoms with Gasteiger partial charge in [0.15, 0.2) is 0 Å². The number of unbranched alkanes of at least 4 members (excludes halogenated alkanes) is 1. The van der Waals surface area contributed by atoms with Gasteiger partial charge >= 0.3 is 0 Å². The minimum absolute atomic E-state index is 0.853. The first-order valence-electron chi connectivity index (χ1n) is 8.15. The topological polar surface area (TPSA) is 0 Å². The third kappa shape index (κ3) is 9.74. The van der Waals surface area contributed by atoms with Crippen LogP contribution in [-0.2, 0) is 0 Å². The molecule has 0 heteroatoms. The summed E-state index contributed by atoms with van der Waals surface area (Å²) in [5.74, 6) is 2.66. The maximum Gasteiger partial charge on any atom is -0.0297 e. The average Bonchev–Trinajstić information content (AvgIpc) is 2.25. The molecule has 0 radical (unpaired) electrons.